The molecule has 96 valence electrons. The first-order valence-electron chi connectivity index (χ1n) is 5.96. The lowest BCUT2D eigenvalue weighted by molar-refractivity contribution is -0.139. The molecule has 0 aromatic heterocycles. The van der Waals surface area contributed by atoms with E-state index in [2.05, 4.69) is 15.9 Å². The number of carbonyl (C=O) groups excluding carboxylic acids is 1. The third-order valence-corrected chi connectivity index (χ3v) is 3.30. The summed E-state index contributed by atoms with van der Waals surface area (Å²) in [6.45, 7) is 1.10. The second-order valence-corrected chi connectivity index (χ2v) is 4.58. The van der Waals surface area contributed by atoms with E-state index in [4.69, 9.17) is 9.47 Å². The maximum Gasteiger partial charge on any atom is 0.339 e. The summed E-state index contributed by atoms with van der Waals surface area (Å²) in [5, 5.41) is 0. The Morgan fingerprint density at radius 3 is 2.83 bits per heavy atom. The van der Waals surface area contributed by atoms with Crippen LogP contribution in [0.25, 0.3) is 5.57 Å². The second kappa shape index (κ2) is 6.71. The molecule has 1 fully saturated rings. The second-order valence-electron chi connectivity index (χ2n) is 4.12. The topological polar surface area (TPSA) is 35.5 Å². The largest absolute Gasteiger partial charge is 0.459 e. The Bertz CT molecular complexity index is 422. The van der Waals surface area contributed by atoms with E-state index < -0.39 is 0 Å². The van der Waals surface area contributed by atoms with Crippen molar-refractivity contribution >= 4 is 27.5 Å². The van der Waals surface area contributed by atoms with Crippen molar-refractivity contribution in [2.24, 2.45) is 0 Å². The number of benzene rings is 1. The Morgan fingerprint density at radius 2 is 2.22 bits per heavy atom. The van der Waals surface area contributed by atoms with Gasteiger partial charge < -0.3 is 9.47 Å². The Kier molecular flexibility index (Phi) is 4.96. The highest BCUT2D eigenvalue weighted by atomic mass is 79.9. The molecule has 1 aromatic rings. The summed E-state index contributed by atoms with van der Waals surface area (Å²) in [7, 11) is 0. The van der Waals surface area contributed by atoms with E-state index in [9.17, 15) is 4.79 Å². The molecule has 4 heteroatoms. The molecule has 0 bridgehead atoms. The van der Waals surface area contributed by atoms with Crippen LogP contribution in [0, 0.1) is 0 Å². The highest BCUT2D eigenvalue weighted by Crippen LogP contribution is 2.19. The van der Waals surface area contributed by atoms with Crippen molar-refractivity contribution in [3.05, 3.63) is 40.9 Å². The average molecular weight is 311 g/mol. The van der Waals surface area contributed by atoms with Crippen LogP contribution >= 0.6 is 15.9 Å². The standard InChI is InChI=1S/C14H15BrO3/c15-9-13(11-5-2-1-3-6-11)14(16)18-10-12-7-4-8-17-12/h1-3,5-6,9,12H,4,7-8,10H2. The van der Waals surface area contributed by atoms with Crippen molar-refractivity contribution in [3.63, 3.8) is 0 Å². The number of carbonyl (C=O) groups is 1. The molecule has 0 saturated carbocycles. The van der Waals surface area contributed by atoms with E-state index in [1.54, 1.807) is 4.99 Å². The lowest BCUT2D eigenvalue weighted by atomic mass is 10.1. The van der Waals surface area contributed by atoms with Crippen LogP contribution in [0.4, 0.5) is 0 Å². The lowest BCUT2D eigenvalue weighted by Crippen LogP contribution is -2.18. The Balaban J connectivity index is 1.94. The molecule has 1 aliphatic heterocycles. The zero-order valence-electron chi connectivity index (χ0n) is 9.97. The van der Waals surface area contributed by atoms with Crippen molar-refractivity contribution in [2.75, 3.05) is 13.2 Å². The highest BCUT2D eigenvalue weighted by molar-refractivity contribution is 9.11. The third kappa shape index (κ3) is 3.43. The van der Waals surface area contributed by atoms with E-state index >= 15 is 0 Å². The maximum absolute atomic E-state index is 12.0. The Morgan fingerprint density at radius 1 is 1.44 bits per heavy atom. The predicted molar refractivity (Wildman–Crippen MR) is 73.3 cm³/mol. The van der Waals surface area contributed by atoms with Crippen LogP contribution in [0.2, 0.25) is 0 Å². The van der Waals surface area contributed by atoms with Crippen LogP contribution in [0.15, 0.2) is 35.3 Å². The highest BCUT2D eigenvalue weighted by Gasteiger charge is 2.19. The fourth-order valence-corrected chi connectivity index (χ4v) is 2.32. The molecule has 0 radical (unpaired) electrons. The van der Waals surface area contributed by atoms with Gasteiger partial charge in [0.1, 0.15) is 6.61 Å². The first-order chi connectivity index (χ1) is 8.81. The molecule has 0 N–H and O–H groups in total. The summed E-state index contributed by atoms with van der Waals surface area (Å²) >= 11 is 3.21. The number of esters is 1. The van der Waals surface area contributed by atoms with Gasteiger partial charge in [-0.3, -0.25) is 0 Å². The van der Waals surface area contributed by atoms with Crippen molar-refractivity contribution < 1.29 is 14.3 Å². The summed E-state index contributed by atoms with van der Waals surface area (Å²) in [5.74, 6) is -0.325. The summed E-state index contributed by atoms with van der Waals surface area (Å²) in [6.07, 6.45) is 2.06. The number of hydrogen-bond acceptors (Lipinski definition) is 3. The van der Waals surface area contributed by atoms with Crippen LogP contribution in [-0.4, -0.2) is 25.3 Å². The Hall–Kier alpha value is -1.13. The van der Waals surface area contributed by atoms with Crippen molar-refractivity contribution in [1.29, 1.82) is 0 Å². The molecule has 1 aromatic carbocycles. The molecule has 2 rings (SSSR count). The third-order valence-electron chi connectivity index (χ3n) is 2.84. The molecule has 18 heavy (non-hydrogen) atoms. The van der Waals surface area contributed by atoms with Crippen LogP contribution in [0.1, 0.15) is 18.4 Å². The van der Waals surface area contributed by atoms with E-state index in [0.717, 1.165) is 25.0 Å². The van der Waals surface area contributed by atoms with Crippen molar-refractivity contribution in [1.82, 2.24) is 0 Å². The van der Waals surface area contributed by atoms with Crippen LogP contribution in [0.3, 0.4) is 0 Å². The van der Waals surface area contributed by atoms with E-state index in [-0.39, 0.29) is 12.1 Å². The van der Waals surface area contributed by atoms with Gasteiger partial charge in [0.15, 0.2) is 0 Å². The van der Waals surface area contributed by atoms with Gasteiger partial charge in [0.25, 0.3) is 0 Å². The zero-order valence-corrected chi connectivity index (χ0v) is 11.6. The van der Waals surface area contributed by atoms with E-state index in [1.807, 2.05) is 30.3 Å². The quantitative estimate of drug-likeness (QED) is 0.633. The number of hydrogen-bond donors (Lipinski definition) is 0. The molecule has 0 amide bonds. The minimum atomic E-state index is -0.325. The van der Waals surface area contributed by atoms with Crippen LogP contribution < -0.4 is 0 Å². The molecule has 1 atom stereocenters. The van der Waals surface area contributed by atoms with Gasteiger partial charge in [0.05, 0.1) is 11.7 Å². The molecule has 0 aliphatic carbocycles. The number of rotatable bonds is 4. The summed E-state index contributed by atoms with van der Waals surface area (Å²) in [6, 6.07) is 9.44. The summed E-state index contributed by atoms with van der Waals surface area (Å²) < 4.78 is 10.7. The van der Waals surface area contributed by atoms with Gasteiger partial charge in [0, 0.05) is 6.61 Å². The van der Waals surface area contributed by atoms with Gasteiger partial charge in [0.2, 0.25) is 0 Å². The molecular formula is C14H15BrO3. The summed E-state index contributed by atoms with van der Waals surface area (Å²) in [5.41, 5.74) is 1.36. The monoisotopic (exact) mass is 310 g/mol. The molecule has 0 spiro atoms. The first-order valence-corrected chi connectivity index (χ1v) is 6.87. The van der Waals surface area contributed by atoms with Gasteiger partial charge in [-0.05, 0) is 23.4 Å². The molecule has 1 heterocycles. The zero-order chi connectivity index (χ0) is 12.8. The molecule has 3 nitrogen and oxygen atoms in total. The first kappa shape index (κ1) is 13.3. The maximum atomic E-state index is 12.0. The minimum absolute atomic E-state index is 0.0568. The number of halogens is 1. The molecule has 1 saturated heterocycles. The smallest absolute Gasteiger partial charge is 0.339 e. The van der Waals surface area contributed by atoms with Crippen LogP contribution in [-0.2, 0) is 14.3 Å². The Labute approximate surface area is 115 Å². The van der Waals surface area contributed by atoms with Gasteiger partial charge in [-0.25, -0.2) is 4.79 Å². The fraction of sp³-hybridized carbons (Fsp3) is 0.357. The summed E-state index contributed by atoms with van der Waals surface area (Å²) in [4.78, 5) is 13.6. The normalized spacial score (nSPS) is 19.8. The van der Waals surface area contributed by atoms with E-state index in [1.165, 1.54) is 0 Å². The van der Waals surface area contributed by atoms with Crippen molar-refractivity contribution in [3.8, 4) is 0 Å². The molecule has 1 unspecified atom stereocenters. The predicted octanol–water partition coefficient (Wildman–Crippen LogP) is 3.14. The van der Waals surface area contributed by atoms with Gasteiger partial charge in [-0.15, -0.1) is 0 Å². The molecular weight excluding hydrogens is 296 g/mol. The molecule has 1 aliphatic rings. The fourth-order valence-electron chi connectivity index (χ4n) is 1.87. The van der Waals surface area contributed by atoms with Gasteiger partial charge in [-0.1, -0.05) is 46.3 Å². The minimum Gasteiger partial charge on any atom is -0.459 e. The average Bonchev–Trinajstić information content (AvgIpc) is 2.92. The van der Waals surface area contributed by atoms with Gasteiger partial charge in [-0.2, -0.15) is 0 Å². The SMILES string of the molecule is O=C(OCC1CCCO1)C(=CBr)c1ccccc1. The van der Waals surface area contributed by atoms with Crippen molar-refractivity contribution in [2.45, 2.75) is 18.9 Å². The van der Waals surface area contributed by atoms with Gasteiger partial charge >= 0.3 is 5.97 Å². The van der Waals surface area contributed by atoms with Crippen LogP contribution in [0.5, 0.6) is 0 Å². The lowest BCUT2D eigenvalue weighted by Gasteiger charge is -2.11. The number of ether oxygens (including phenoxy) is 2. The van der Waals surface area contributed by atoms with E-state index in [0.29, 0.717) is 12.2 Å².